The average Bonchev–Trinajstić information content (AvgIpc) is 2.79. The topological polar surface area (TPSA) is 55.2 Å². The monoisotopic (exact) mass is 313 g/mol. The van der Waals surface area contributed by atoms with Crippen LogP contribution >= 0.6 is 11.6 Å². The summed E-state index contributed by atoms with van der Waals surface area (Å²) in [6, 6.07) is 7.35. The zero-order valence-corrected chi connectivity index (χ0v) is 13.1. The molecule has 1 heterocycles. The van der Waals surface area contributed by atoms with Crippen LogP contribution in [0.5, 0.6) is 0 Å². The predicted molar refractivity (Wildman–Crippen MR) is 79.6 cm³/mol. The molecule has 0 saturated carbocycles. The number of rotatable bonds is 4. The van der Waals surface area contributed by atoms with Crippen LogP contribution in [0.25, 0.3) is 0 Å². The summed E-state index contributed by atoms with van der Waals surface area (Å²) in [5, 5.41) is -0.0363. The molecule has 20 heavy (non-hydrogen) atoms. The number of nitrogens with zero attached hydrogens (tertiary/aromatic N) is 3. The van der Waals surface area contributed by atoms with Crippen molar-refractivity contribution in [2.75, 3.05) is 11.4 Å². The van der Waals surface area contributed by atoms with Gasteiger partial charge in [0.05, 0.1) is 12.0 Å². The normalized spacial score (nSPS) is 11.6. The minimum Gasteiger partial charge on any atom is -0.324 e. The Morgan fingerprint density at radius 2 is 1.90 bits per heavy atom. The van der Waals surface area contributed by atoms with Gasteiger partial charge in [-0.2, -0.15) is 8.42 Å². The van der Waals surface area contributed by atoms with E-state index in [1.807, 2.05) is 19.1 Å². The van der Waals surface area contributed by atoms with E-state index in [1.165, 1.54) is 22.2 Å². The van der Waals surface area contributed by atoms with E-state index in [0.29, 0.717) is 5.69 Å². The van der Waals surface area contributed by atoms with E-state index >= 15 is 0 Å². The highest BCUT2D eigenvalue weighted by Crippen LogP contribution is 2.26. The molecule has 0 bridgehead atoms. The molecular weight excluding hydrogens is 298 g/mol. The number of aryl methyl sites for hydroxylation is 2. The van der Waals surface area contributed by atoms with Gasteiger partial charge in [-0.1, -0.05) is 30.7 Å². The van der Waals surface area contributed by atoms with Gasteiger partial charge in [0.1, 0.15) is 5.15 Å². The van der Waals surface area contributed by atoms with Gasteiger partial charge in [0.25, 0.3) is 10.0 Å². The summed E-state index contributed by atoms with van der Waals surface area (Å²) >= 11 is 5.97. The van der Waals surface area contributed by atoms with E-state index in [0.717, 1.165) is 12.0 Å². The van der Waals surface area contributed by atoms with Crippen molar-refractivity contribution in [1.82, 2.24) is 9.55 Å². The van der Waals surface area contributed by atoms with Crippen LogP contribution in [0.15, 0.2) is 35.6 Å². The van der Waals surface area contributed by atoms with E-state index < -0.39 is 10.0 Å². The molecule has 0 radical (unpaired) electrons. The minimum atomic E-state index is -3.75. The Balaban J connectivity index is 2.40. The van der Waals surface area contributed by atoms with Crippen molar-refractivity contribution < 1.29 is 8.42 Å². The standard InChI is InChI=1S/C13H16ClN3O2S/c1-4-10-5-7-11(8-6-10)17(3)20(18,19)13-12(14)16(2)9-15-13/h5-9H,4H2,1-3H3. The summed E-state index contributed by atoms with van der Waals surface area (Å²) in [4.78, 5) is 3.87. The van der Waals surface area contributed by atoms with E-state index in [9.17, 15) is 8.42 Å². The lowest BCUT2D eigenvalue weighted by Gasteiger charge is -2.18. The third-order valence-electron chi connectivity index (χ3n) is 3.15. The number of halogens is 1. The van der Waals surface area contributed by atoms with Crippen LogP contribution in [0.1, 0.15) is 12.5 Å². The van der Waals surface area contributed by atoms with E-state index in [1.54, 1.807) is 19.2 Å². The summed E-state index contributed by atoms with van der Waals surface area (Å²) in [5.41, 5.74) is 1.72. The van der Waals surface area contributed by atoms with Gasteiger partial charge in [-0.05, 0) is 24.1 Å². The second-order valence-corrected chi connectivity index (χ2v) is 6.69. The van der Waals surface area contributed by atoms with Gasteiger partial charge in [-0.3, -0.25) is 4.31 Å². The highest BCUT2D eigenvalue weighted by Gasteiger charge is 2.27. The molecule has 0 fully saturated rings. The smallest absolute Gasteiger partial charge is 0.284 e. The lowest BCUT2D eigenvalue weighted by molar-refractivity contribution is 0.591. The lowest BCUT2D eigenvalue weighted by Crippen LogP contribution is -2.27. The van der Waals surface area contributed by atoms with Crippen LogP contribution in [-0.2, 0) is 23.5 Å². The Morgan fingerprint density at radius 3 is 2.35 bits per heavy atom. The van der Waals surface area contributed by atoms with Crippen LogP contribution in [0.3, 0.4) is 0 Å². The van der Waals surface area contributed by atoms with Crippen molar-refractivity contribution in [2.45, 2.75) is 18.4 Å². The molecule has 0 N–H and O–H groups in total. The average molecular weight is 314 g/mol. The number of anilines is 1. The van der Waals surface area contributed by atoms with Crippen LogP contribution in [0, 0.1) is 0 Å². The fourth-order valence-electron chi connectivity index (χ4n) is 1.78. The molecule has 0 unspecified atom stereocenters. The molecule has 0 spiro atoms. The summed E-state index contributed by atoms with van der Waals surface area (Å²) < 4.78 is 27.6. The molecule has 5 nitrogen and oxygen atoms in total. The Morgan fingerprint density at radius 1 is 1.30 bits per heavy atom. The Bertz CT molecular complexity index is 708. The van der Waals surface area contributed by atoms with E-state index in [-0.39, 0.29) is 10.2 Å². The SMILES string of the molecule is CCc1ccc(N(C)S(=O)(=O)c2ncn(C)c2Cl)cc1. The fraction of sp³-hybridized carbons (Fsp3) is 0.308. The van der Waals surface area contributed by atoms with Crippen LogP contribution in [0.4, 0.5) is 5.69 Å². The molecule has 1 aromatic heterocycles. The maximum atomic E-state index is 12.5. The van der Waals surface area contributed by atoms with Crippen LogP contribution in [0.2, 0.25) is 5.15 Å². The summed E-state index contributed by atoms with van der Waals surface area (Å²) in [7, 11) is -0.621. The minimum absolute atomic E-state index is 0.0991. The summed E-state index contributed by atoms with van der Waals surface area (Å²) in [6.45, 7) is 2.04. The number of aromatic nitrogens is 2. The highest BCUT2D eigenvalue weighted by atomic mass is 35.5. The van der Waals surface area contributed by atoms with Crippen molar-refractivity contribution in [3.8, 4) is 0 Å². The first kappa shape index (κ1) is 14.9. The molecule has 7 heteroatoms. The molecule has 0 saturated heterocycles. The zero-order chi connectivity index (χ0) is 14.9. The molecule has 0 aliphatic heterocycles. The molecule has 0 amide bonds. The van der Waals surface area contributed by atoms with Gasteiger partial charge in [0.15, 0.2) is 0 Å². The first-order valence-electron chi connectivity index (χ1n) is 6.12. The van der Waals surface area contributed by atoms with Crippen molar-refractivity contribution in [3.63, 3.8) is 0 Å². The van der Waals surface area contributed by atoms with Gasteiger partial charge in [0.2, 0.25) is 5.03 Å². The molecule has 0 atom stereocenters. The summed E-state index contributed by atoms with van der Waals surface area (Å²) in [5.74, 6) is 0. The second-order valence-electron chi connectivity index (χ2n) is 4.44. The number of sulfonamides is 1. The predicted octanol–water partition coefficient (Wildman–Crippen LogP) is 2.46. The second kappa shape index (κ2) is 5.46. The van der Waals surface area contributed by atoms with Gasteiger partial charge < -0.3 is 4.57 Å². The number of benzene rings is 1. The van der Waals surface area contributed by atoms with E-state index in [4.69, 9.17) is 11.6 Å². The molecule has 0 aliphatic carbocycles. The fourth-order valence-corrected chi connectivity index (χ4v) is 3.36. The van der Waals surface area contributed by atoms with Crippen molar-refractivity contribution in [1.29, 1.82) is 0 Å². The van der Waals surface area contributed by atoms with Gasteiger partial charge in [0, 0.05) is 14.1 Å². The largest absolute Gasteiger partial charge is 0.324 e. The molecule has 2 aromatic rings. The Kier molecular flexibility index (Phi) is 4.06. The Labute approximate surface area is 123 Å². The number of hydrogen-bond acceptors (Lipinski definition) is 3. The van der Waals surface area contributed by atoms with Crippen molar-refractivity contribution in [2.24, 2.45) is 7.05 Å². The summed E-state index contributed by atoms with van der Waals surface area (Å²) in [6.07, 6.45) is 2.28. The molecule has 108 valence electrons. The molecule has 0 aliphatic rings. The molecule has 1 aromatic carbocycles. The number of hydrogen-bond donors (Lipinski definition) is 0. The quantitative estimate of drug-likeness (QED) is 0.871. The van der Waals surface area contributed by atoms with Gasteiger partial charge in [-0.25, -0.2) is 4.98 Å². The van der Waals surface area contributed by atoms with Crippen LogP contribution in [-0.4, -0.2) is 25.0 Å². The maximum absolute atomic E-state index is 12.5. The third-order valence-corrected chi connectivity index (χ3v) is 5.42. The third kappa shape index (κ3) is 2.53. The lowest BCUT2D eigenvalue weighted by atomic mass is 10.1. The van der Waals surface area contributed by atoms with Gasteiger partial charge in [-0.15, -0.1) is 0 Å². The first-order chi connectivity index (χ1) is 9.37. The van der Waals surface area contributed by atoms with Crippen LogP contribution < -0.4 is 4.31 Å². The van der Waals surface area contributed by atoms with Gasteiger partial charge >= 0.3 is 0 Å². The number of imidazole rings is 1. The highest BCUT2D eigenvalue weighted by molar-refractivity contribution is 7.92. The zero-order valence-electron chi connectivity index (χ0n) is 11.5. The molecule has 2 rings (SSSR count). The first-order valence-corrected chi connectivity index (χ1v) is 7.94. The molecular formula is C13H16ClN3O2S. The maximum Gasteiger partial charge on any atom is 0.284 e. The van der Waals surface area contributed by atoms with Crippen molar-refractivity contribution >= 4 is 27.3 Å². The van der Waals surface area contributed by atoms with Crippen molar-refractivity contribution in [3.05, 3.63) is 41.3 Å². The van der Waals surface area contributed by atoms with E-state index in [2.05, 4.69) is 4.98 Å². The Hall–Kier alpha value is -1.53.